The van der Waals surface area contributed by atoms with E-state index in [1.165, 1.54) is 12.8 Å². The molecule has 0 spiro atoms. The fourth-order valence-corrected chi connectivity index (χ4v) is 1.45. The lowest BCUT2D eigenvalue weighted by Crippen LogP contribution is -2.22. The van der Waals surface area contributed by atoms with Gasteiger partial charge in [0.2, 0.25) is 0 Å². The van der Waals surface area contributed by atoms with Crippen LogP contribution in [0.5, 0.6) is 0 Å². The molecule has 1 aliphatic rings. The number of hydrogen-bond donors (Lipinski definition) is 1. The molecule has 1 saturated carbocycles. The Kier molecular flexibility index (Phi) is 2.26. The third-order valence-corrected chi connectivity index (χ3v) is 2.78. The third kappa shape index (κ3) is 2.42. The van der Waals surface area contributed by atoms with Gasteiger partial charge in [0.1, 0.15) is 0 Å². The summed E-state index contributed by atoms with van der Waals surface area (Å²) in [5.41, 5.74) is 7.18. The Bertz CT molecular complexity index is 290. The van der Waals surface area contributed by atoms with Crippen LogP contribution in [0.15, 0.2) is 18.3 Å². The van der Waals surface area contributed by atoms with Crippen molar-refractivity contribution >= 4 is 11.6 Å². The van der Waals surface area contributed by atoms with Crippen LogP contribution >= 0.6 is 11.6 Å². The van der Waals surface area contributed by atoms with Crippen LogP contribution in [-0.4, -0.2) is 10.5 Å². The van der Waals surface area contributed by atoms with E-state index in [1.807, 2.05) is 12.1 Å². The highest BCUT2D eigenvalue weighted by atomic mass is 35.5. The van der Waals surface area contributed by atoms with Gasteiger partial charge in [-0.25, -0.2) is 0 Å². The molecule has 1 aromatic heterocycles. The van der Waals surface area contributed by atoms with Crippen molar-refractivity contribution in [2.75, 3.05) is 0 Å². The Morgan fingerprint density at radius 1 is 1.46 bits per heavy atom. The van der Waals surface area contributed by atoms with Gasteiger partial charge in [-0.15, -0.1) is 0 Å². The minimum absolute atomic E-state index is 0.126. The normalized spacial score (nSPS) is 18.6. The molecule has 0 unspecified atom stereocenters. The summed E-state index contributed by atoms with van der Waals surface area (Å²) in [7, 11) is 0. The first-order chi connectivity index (χ1) is 6.18. The van der Waals surface area contributed by atoms with E-state index in [9.17, 15) is 0 Å². The maximum atomic E-state index is 5.97. The molecule has 0 amide bonds. The largest absolute Gasteiger partial charge is 0.325 e. The van der Waals surface area contributed by atoms with Gasteiger partial charge >= 0.3 is 0 Å². The number of aryl methyl sites for hydroxylation is 1. The topological polar surface area (TPSA) is 38.9 Å². The molecule has 0 radical (unpaired) electrons. The average molecular weight is 197 g/mol. The van der Waals surface area contributed by atoms with Gasteiger partial charge in [-0.2, -0.15) is 0 Å². The van der Waals surface area contributed by atoms with Crippen molar-refractivity contribution in [1.82, 2.24) is 4.98 Å². The van der Waals surface area contributed by atoms with Crippen molar-refractivity contribution in [1.29, 1.82) is 0 Å². The number of rotatable bonds is 3. The smallest absolute Gasteiger partial charge is 0.0589 e. The second kappa shape index (κ2) is 3.28. The summed E-state index contributed by atoms with van der Waals surface area (Å²) in [4.78, 5) is 4.22. The molecule has 2 N–H and O–H groups in total. The Morgan fingerprint density at radius 3 is 2.77 bits per heavy atom. The quantitative estimate of drug-likeness (QED) is 0.805. The molecule has 0 atom stereocenters. The van der Waals surface area contributed by atoms with E-state index in [2.05, 4.69) is 4.98 Å². The summed E-state index contributed by atoms with van der Waals surface area (Å²) in [6, 6.07) is 3.84. The van der Waals surface area contributed by atoms with Crippen molar-refractivity contribution < 1.29 is 0 Å². The summed E-state index contributed by atoms with van der Waals surface area (Å²) >= 11 is 5.73. The summed E-state index contributed by atoms with van der Waals surface area (Å²) in [5, 5.41) is 0.692. The molecule has 2 rings (SSSR count). The van der Waals surface area contributed by atoms with Gasteiger partial charge in [0, 0.05) is 17.4 Å². The van der Waals surface area contributed by atoms with Gasteiger partial charge in [-0.3, -0.25) is 4.98 Å². The van der Waals surface area contributed by atoms with Crippen LogP contribution in [0.2, 0.25) is 5.02 Å². The van der Waals surface area contributed by atoms with Crippen LogP contribution in [0.25, 0.3) is 0 Å². The first kappa shape index (κ1) is 8.97. The first-order valence-corrected chi connectivity index (χ1v) is 4.95. The molecule has 70 valence electrons. The highest BCUT2D eigenvalue weighted by Crippen LogP contribution is 2.36. The van der Waals surface area contributed by atoms with Crippen molar-refractivity contribution in [2.24, 2.45) is 5.73 Å². The van der Waals surface area contributed by atoms with Gasteiger partial charge in [0.25, 0.3) is 0 Å². The third-order valence-electron chi connectivity index (χ3n) is 2.56. The zero-order valence-corrected chi connectivity index (χ0v) is 8.22. The van der Waals surface area contributed by atoms with Gasteiger partial charge < -0.3 is 5.73 Å². The molecule has 1 fully saturated rings. The fourth-order valence-electron chi connectivity index (χ4n) is 1.34. The van der Waals surface area contributed by atoms with Gasteiger partial charge in [0.05, 0.1) is 5.02 Å². The second-order valence-electron chi connectivity index (χ2n) is 3.83. The lowest BCUT2D eigenvalue weighted by atomic mass is 10.1. The molecule has 3 heteroatoms. The minimum Gasteiger partial charge on any atom is -0.325 e. The predicted molar refractivity (Wildman–Crippen MR) is 53.7 cm³/mol. The Hall–Kier alpha value is -0.600. The molecule has 1 aromatic rings. The number of nitrogens with two attached hydrogens (primary N) is 1. The summed E-state index contributed by atoms with van der Waals surface area (Å²) in [6.07, 6.45) is 6.03. The van der Waals surface area contributed by atoms with E-state index in [0.29, 0.717) is 5.02 Å². The molecule has 0 bridgehead atoms. The number of nitrogens with zero attached hydrogens (tertiary/aromatic N) is 1. The Labute approximate surface area is 83.1 Å². The number of hydrogen-bond acceptors (Lipinski definition) is 2. The number of halogens is 1. The van der Waals surface area contributed by atoms with Crippen molar-refractivity contribution in [3.05, 3.63) is 29.0 Å². The molecule has 13 heavy (non-hydrogen) atoms. The molecule has 0 saturated heterocycles. The van der Waals surface area contributed by atoms with Gasteiger partial charge in [0.15, 0.2) is 0 Å². The van der Waals surface area contributed by atoms with Crippen LogP contribution in [0.3, 0.4) is 0 Å². The van der Waals surface area contributed by atoms with E-state index in [0.717, 1.165) is 18.5 Å². The molecular formula is C10H13ClN2. The lowest BCUT2D eigenvalue weighted by molar-refractivity contribution is 0.603. The van der Waals surface area contributed by atoms with E-state index >= 15 is 0 Å². The van der Waals surface area contributed by atoms with Crippen LogP contribution in [0, 0.1) is 0 Å². The van der Waals surface area contributed by atoms with E-state index in [1.54, 1.807) is 6.20 Å². The van der Waals surface area contributed by atoms with Gasteiger partial charge in [-0.05, 0) is 37.8 Å². The van der Waals surface area contributed by atoms with E-state index in [4.69, 9.17) is 17.3 Å². The minimum atomic E-state index is 0.126. The van der Waals surface area contributed by atoms with Crippen molar-refractivity contribution in [3.8, 4) is 0 Å². The highest BCUT2D eigenvalue weighted by Gasteiger charge is 2.37. The molecule has 0 aliphatic heterocycles. The number of pyridine rings is 1. The summed E-state index contributed by atoms with van der Waals surface area (Å²) in [5.74, 6) is 0. The zero-order chi connectivity index (χ0) is 9.31. The van der Waals surface area contributed by atoms with Crippen LogP contribution < -0.4 is 5.73 Å². The maximum absolute atomic E-state index is 5.97. The lowest BCUT2D eigenvalue weighted by Gasteiger charge is -2.06. The van der Waals surface area contributed by atoms with Crippen LogP contribution in [-0.2, 0) is 6.42 Å². The SMILES string of the molecule is NC1(CCc2ccc(Cl)cn2)CC1. The molecule has 1 heterocycles. The molecular weight excluding hydrogens is 184 g/mol. The van der Waals surface area contributed by atoms with Crippen molar-refractivity contribution in [3.63, 3.8) is 0 Å². The highest BCUT2D eigenvalue weighted by molar-refractivity contribution is 6.30. The van der Waals surface area contributed by atoms with E-state index < -0.39 is 0 Å². The maximum Gasteiger partial charge on any atom is 0.0589 e. The summed E-state index contributed by atoms with van der Waals surface area (Å²) in [6.45, 7) is 0. The average Bonchev–Trinajstić information content (AvgIpc) is 2.84. The van der Waals surface area contributed by atoms with Gasteiger partial charge in [-0.1, -0.05) is 11.6 Å². The van der Waals surface area contributed by atoms with Crippen LogP contribution in [0.1, 0.15) is 25.0 Å². The molecule has 1 aliphatic carbocycles. The monoisotopic (exact) mass is 196 g/mol. The van der Waals surface area contributed by atoms with Crippen LogP contribution in [0.4, 0.5) is 0 Å². The molecule has 2 nitrogen and oxygen atoms in total. The zero-order valence-electron chi connectivity index (χ0n) is 7.46. The fraction of sp³-hybridized carbons (Fsp3) is 0.500. The Morgan fingerprint density at radius 2 is 2.23 bits per heavy atom. The standard InChI is InChI=1S/C10H13ClN2/c11-8-1-2-9(13-7-8)3-4-10(12)5-6-10/h1-2,7H,3-6,12H2. The molecule has 0 aromatic carbocycles. The predicted octanol–water partition coefficient (Wildman–Crippen LogP) is 2.16. The van der Waals surface area contributed by atoms with Crippen molar-refractivity contribution in [2.45, 2.75) is 31.2 Å². The first-order valence-electron chi connectivity index (χ1n) is 4.57. The summed E-state index contributed by atoms with van der Waals surface area (Å²) < 4.78 is 0. The Balaban J connectivity index is 1.91. The van der Waals surface area contributed by atoms with E-state index in [-0.39, 0.29) is 5.54 Å². The second-order valence-corrected chi connectivity index (χ2v) is 4.27. The number of aromatic nitrogens is 1.